The highest BCUT2D eigenvalue weighted by atomic mass is 32.2. The molecule has 0 aliphatic carbocycles. The molecule has 0 aromatic rings. The first-order valence-corrected chi connectivity index (χ1v) is 7.87. The highest BCUT2D eigenvalue weighted by Crippen LogP contribution is 2.23. The maximum atomic E-state index is 11.3. The van der Waals surface area contributed by atoms with E-state index in [0.29, 0.717) is 12.2 Å². The van der Waals surface area contributed by atoms with Gasteiger partial charge in [0.1, 0.15) is 0 Å². The molecule has 1 fully saturated rings. The highest BCUT2D eigenvalue weighted by Gasteiger charge is 2.28. The summed E-state index contributed by atoms with van der Waals surface area (Å²) in [5.74, 6) is 0.848. The molecule has 88 valence electrons. The fraction of sp³-hybridized carbons (Fsp3) is 0.889. The van der Waals surface area contributed by atoms with Gasteiger partial charge in [-0.15, -0.1) is 11.8 Å². The van der Waals surface area contributed by atoms with Gasteiger partial charge in [-0.2, -0.15) is 0 Å². The highest BCUT2D eigenvalue weighted by molar-refractivity contribution is 8.02. The van der Waals surface area contributed by atoms with Crippen LogP contribution in [0, 0.1) is 0 Å². The molecule has 0 saturated carbocycles. The van der Waals surface area contributed by atoms with E-state index >= 15 is 0 Å². The van der Waals surface area contributed by atoms with E-state index in [1.165, 1.54) is 11.8 Å². The van der Waals surface area contributed by atoms with Crippen LogP contribution in [-0.2, 0) is 14.6 Å². The number of amides is 1. The van der Waals surface area contributed by atoms with E-state index in [1.54, 1.807) is 0 Å². The van der Waals surface area contributed by atoms with Crippen LogP contribution in [0.5, 0.6) is 0 Å². The molecule has 0 aromatic heterocycles. The van der Waals surface area contributed by atoms with Crippen molar-refractivity contribution in [3.8, 4) is 0 Å². The first-order chi connectivity index (χ1) is 6.89. The van der Waals surface area contributed by atoms with Crippen LogP contribution >= 0.6 is 11.8 Å². The summed E-state index contributed by atoms with van der Waals surface area (Å²) < 4.78 is 22.3. The molecular weight excluding hydrogens is 234 g/mol. The molecule has 0 bridgehead atoms. The third-order valence-electron chi connectivity index (χ3n) is 2.09. The Kier molecular flexibility index (Phi) is 4.45. The van der Waals surface area contributed by atoms with Crippen molar-refractivity contribution in [2.45, 2.75) is 31.6 Å². The van der Waals surface area contributed by atoms with Gasteiger partial charge in [-0.25, -0.2) is 8.42 Å². The Labute approximate surface area is 95.1 Å². The van der Waals surface area contributed by atoms with Gasteiger partial charge in [-0.05, 0) is 20.3 Å². The van der Waals surface area contributed by atoms with Gasteiger partial charge in [0.25, 0.3) is 0 Å². The summed E-state index contributed by atoms with van der Waals surface area (Å²) in [5.41, 5.74) is 0. The Hall–Kier alpha value is -0.230. The molecule has 0 radical (unpaired) electrons. The lowest BCUT2D eigenvalue weighted by atomic mass is 10.4. The average molecular weight is 251 g/mol. The molecule has 6 heteroatoms. The molecule has 1 rings (SSSR count). The fourth-order valence-electron chi connectivity index (χ4n) is 1.45. The van der Waals surface area contributed by atoms with Crippen LogP contribution in [0.4, 0.5) is 0 Å². The molecule has 1 atom stereocenters. The zero-order valence-corrected chi connectivity index (χ0v) is 10.7. The molecule has 1 aliphatic heterocycles. The minimum Gasteiger partial charge on any atom is -0.353 e. The van der Waals surface area contributed by atoms with Crippen LogP contribution in [0.25, 0.3) is 0 Å². The molecular formula is C9H17NO3S2. The number of carbonyl (C=O) groups is 1. The van der Waals surface area contributed by atoms with E-state index in [1.807, 2.05) is 13.8 Å². The molecule has 1 saturated heterocycles. The van der Waals surface area contributed by atoms with Crippen LogP contribution in [0.2, 0.25) is 0 Å². The zero-order valence-electron chi connectivity index (χ0n) is 9.02. The van der Waals surface area contributed by atoms with Crippen molar-refractivity contribution < 1.29 is 13.2 Å². The summed E-state index contributed by atoms with van der Waals surface area (Å²) in [6.45, 7) is 3.81. The van der Waals surface area contributed by atoms with Crippen molar-refractivity contribution in [3.05, 3.63) is 0 Å². The summed E-state index contributed by atoms with van der Waals surface area (Å²) in [5, 5.41) is 2.88. The molecule has 1 amide bonds. The van der Waals surface area contributed by atoms with Gasteiger partial charge in [-0.1, -0.05) is 0 Å². The van der Waals surface area contributed by atoms with E-state index in [-0.39, 0.29) is 28.7 Å². The van der Waals surface area contributed by atoms with Crippen molar-refractivity contribution in [1.29, 1.82) is 0 Å². The SMILES string of the molecule is CC(C)NC(=O)CSC1CCS(=O)(=O)C1. The third-order valence-corrected chi connectivity index (χ3v) is 5.37. The summed E-state index contributed by atoms with van der Waals surface area (Å²) in [6.07, 6.45) is 0.682. The van der Waals surface area contributed by atoms with Gasteiger partial charge < -0.3 is 5.32 Å². The lowest BCUT2D eigenvalue weighted by Crippen LogP contribution is -2.32. The van der Waals surface area contributed by atoms with Gasteiger partial charge in [0.2, 0.25) is 5.91 Å². The van der Waals surface area contributed by atoms with E-state index in [4.69, 9.17) is 0 Å². The number of sulfone groups is 1. The lowest BCUT2D eigenvalue weighted by molar-refractivity contribution is -0.119. The average Bonchev–Trinajstić information content (AvgIpc) is 2.41. The quantitative estimate of drug-likeness (QED) is 0.787. The summed E-state index contributed by atoms with van der Waals surface area (Å²) >= 11 is 1.45. The second kappa shape index (κ2) is 5.21. The summed E-state index contributed by atoms with van der Waals surface area (Å²) in [6, 6.07) is 0.144. The van der Waals surface area contributed by atoms with Crippen LogP contribution in [-0.4, -0.2) is 42.9 Å². The molecule has 1 unspecified atom stereocenters. The Morgan fingerprint density at radius 2 is 2.20 bits per heavy atom. The number of carbonyl (C=O) groups excluding carboxylic acids is 1. The monoisotopic (exact) mass is 251 g/mol. The molecule has 1 N–H and O–H groups in total. The van der Waals surface area contributed by atoms with Crippen molar-refractivity contribution in [2.75, 3.05) is 17.3 Å². The summed E-state index contributed by atoms with van der Waals surface area (Å²) in [7, 11) is -2.82. The number of thioether (sulfide) groups is 1. The minimum absolute atomic E-state index is 0.0145. The number of hydrogen-bond acceptors (Lipinski definition) is 4. The van der Waals surface area contributed by atoms with Gasteiger partial charge in [0, 0.05) is 11.3 Å². The van der Waals surface area contributed by atoms with Gasteiger partial charge in [0.05, 0.1) is 17.3 Å². The smallest absolute Gasteiger partial charge is 0.230 e. The van der Waals surface area contributed by atoms with Crippen molar-refractivity contribution in [3.63, 3.8) is 0 Å². The topological polar surface area (TPSA) is 63.2 Å². The second-order valence-corrected chi connectivity index (χ2v) is 7.58. The van der Waals surface area contributed by atoms with Crippen molar-refractivity contribution in [2.24, 2.45) is 0 Å². The zero-order chi connectivity index (χ0) is 11.5. The minimum atomic E-state index is -2.82. The Morgan fingerprint density at radius 1 is 1.53 bits per heavy atom. The van der Waals surface area contributed by atoms with Crippen LogP contribution in [0.1, 0.15) is 20.3 Å². The molecule has 1 aliphatic rings. The molecule has 15 heavy (non-hydrogen) atoms. The fourth-order valence-corrected chi connectivity index (χ4v) is 4.90. The normalized spacial score (nSPS) is 24.3. The first-order valence-electron chi connectivity index (χ1n) is 5.00. The van der Waals surface area contributed by atoms with Gasteiger partial charge >= 0.3 is 0 Å². The van der Waals surface area contributed by atoms with Crippen LogP contribution in [0.3, 0.4) is 0 Å². The van der Waals surface area contributed by atoms with Gasteiger partial charge in [0.15, 0.2) is 9.84 Å². The standard InChI is InChI=1S/C9H17NO3S2/c1-7(2)10-9(11)5-14-8-3-4-15(12,13)6-8/h7-8H,3-6H2,1-2H3,(H,10,11). The largest absolute Gasteiger partial charge is 0.353 e. The van der Waals surface area contributed by atoms with Gasteiger partial charge in [-0.3, -0.25) is 4.79 Å². The Balaban J connectivity index is 2.24. The van der Waals surface area contributed by atoms with Crippen molar-refractivity contribution in [1.82, 2.24) is 5.32 Å². The maximum absolute atomic E-state index is 11.3. The molecule has 0 spiro atoms. The number of hydrogen-bond donors (Lipinski definition) is 1. The predicted octanol–water partition coefficient (Wildman–Crippen LogP) is 0.431. The first kappa shape index (κ1) is 12.8. The third kappa shape index (κ3) is 4.88. The molecule has 4 nitrogen and oxygen atoms in total. The molecule has 0 aromatic carbocycles. The van der Waals surface area contributed by atoms with Crippen LogP contribution < -0.4 is 5.32 Å². The van der Waals surface area contributed by atoms with E-state index in [0.717, 1.165) is 0 Å². The maximum Gasteiger partial charge on any atom is 0.230 e. The predicted molar refractivity (Wildman–Crippen MR) is 62.8 cm³/mol. The Bertz CT molecular complexity index is 324. The lowest BCUT2D eigenvalue weighted by Gasteiger charge is -2.10. The number of nitrogens with one attached hydrogen (secondary N) is 1. The van der Waals surface area contributed by atoms with E-state index in [9.17, 15) is 13.2 Å². The number of rotatable bonds is 4. The molecule has 1 heterocycles. The van der Waals surface area contributed by atoms with E-state index < -0.39 is 9.84 Å². The summed E-state index contributed by atoms with van der Waals surface area (Å²) in [4.78, 5) is 11.3. The van der Waals surface area contributed by atoms with Crippen LogP contribution in [0.15, 0.2) is 0 Å². The van der Waals surface area contributed by atoms with Crippen molar-refractivity contribution >= 4 is 27.5 Å². The second-order valence-electron chi connectivity index (χ2n) is 4.06. The Morgan fingerprint density at radius 3 is 2.67 bits per heavy atom. The van der Waals surface area contributed by atoms with E-state index in [2.05, 4.69) is 5.32 Å².